The Morgan fingerprint density at radius 1 is 1.28 bits per heavy atom. The number of anilines is 1. The van der Waals surface area contributed by atoms with Gasteiger partial charge in [0.15, 0.2) is 5.13 Å². The number of rotatable bonds is 3. The van der Waals surface area contributed by atoms with Gasteiger partial charge in [-0.1, -0.05) is 0 Å². The highest BCUT2D eigenvalue weighted by molar-refractivity contribution is 14.1. The van der Waals surface area contributed by atoms with Gasteiger partial charge < -0.3 is 0 Å². The van der Waals surface area contributed by atoms with Gasteiger partial charge in [0, 0.05) is 17.8 Å². The summed E-state index contributed by atoms with van der Waals surface area (Å²) in [6.45, 7) is 0. The third-order valence-corrected chi connectivity index (χ3v) is 7.96. The molecule has 25 heavy (non-hydrogen) atoms. The van der Waals surface area contributed by atoms with Gasteiger partial charge in [-0.25, -0.2) is 4.98 Å². The molecule has 4 aliphatic carbocycles. The Labute approximate surface area is 164 Å². The molecule has 2 aromatic rings. The molecule has 4 fully saturated rings. The van der Waals surface area contributed by atoms with E-state index < -0.39 is 0 Å². The van der Waals surface area contributed by atoms with Crippen LogP contribution >= 0.6 is 33.9 Å². The van der Waals surface area contributed by atoms with Crippen LogP contribution in [-0.4, -0.2) is 20.7 Å². The van der Waals surface area contributed by atoms with Crippen LogP contribution in [0.15, 0.2) is 11.6 Å². The summed E-state index contributed by atoms with van der Waals surface area (Å²) in [7, 11) is 1.79. The highest BCUT2D eigenvalue weighted by Gasteiger charge is 2.52. The van der Waals surface area contributed by atoms with Crippen molar-refractivity contribution in [3.63, 3.8) is 0 Å². The standard InChI is InChI=1S/C18H21IN4OS/c1-23-15(13(19)8-20-23)16(24)22-17-21-14(9-25-17)18-5-10-2-11(6-18)4-12(3-10)7-18/h8-12H,2-7H2,1H3,(H,21,22,24). The van der Waals surface area contributed by atoms with Gasteiger partial charge in [0.05, 0.1) is 15.5 Å². The van der Waals surface area contributed by atoms with E-state index >= 15 is 0 Å². The van der Waals surface area contributed by atoms with Gasteiger partial charge in [-0.05, 0) is 78.9 Å². The van der Waals surface area contributed by atoms with Crippen molar-refractivity contribution in [1.29, 1.82) is 0 Å². The lowest BCUT2D eigenvalue weighted by Crippen LogP contribution is -2.48. The van der Waals surface area contributed by atoms with Crippen LogP contribution in [0.5, 0.6) is 0 Å². The van der Waals surface area contributed by atoms with Crippen LogP contribution in [0.1, 0.15) is 54.7 Å². The summed E-state index contributed by atoms with van der Waals surface area (Å²) in [5.74, 6) is 2.59. The van der Waals surface area contributed by atoms with Crippen molar-refractivity contribution in [2.75, 3.05) is 5.32 Å². The Bertz CT molecular complexity index is 787. The highest BCUT2D eigenvalue weighted by Crippen LogP contribution is 2.60. The van der Waals surface area contributed by atoms with Crippen molar-refractivity contribution in [3.8, 4) is 0 Å². The number of carbonyl (C=O) groups is 1. The van der Waals surface area contributed by atoms with E-state index in [9.17, 15) is 4.79 Å². The third-order valence-electron chi connectivity index (χ3n) is 6.42. The van der Waals surface area contributed by atoms with Crippen LogP contribution in [0.25, 0.3) is 0 Å². The molecule has 2 aromatic heterocycles. The summed E-state index contributed by atoms with van der Waals surface area (Å²) in [6, 6.07) is 0. The third kappa shape index (κ3) is 2.65. The minimum atomic E-state index is -0.129. The van der Waals surface area contributed by atoms with Gasteiger partial charge in [-0.15, -0.1) is 11.3 Å². The average molecular weight is 468 g/mol. The number of carbonyl (C=O) groups excluding carboxylic acids is 1. The zero-order chi connectivity index (χ0) is 17.2. The molecule has 1 N–H and O–H groups in total. The molecule has 0 radical (unpaired) electrons. The normalized spacial score (nSPS) is 33.0. The summed E-state index contributed by atoms with van der Waals surface area (Å²) in [5.41, 5.74) is 2.11. The molecular formula is C18H21IN4OS. The monoisotopic (exact) mass is 468 g/mol. The Morgan fingerprint density at radius 3 is 2.48 bits per heavy atom. The molecule has 4 bridgehead atoms. The number of nitrogens with zero attached hydrogens (tertiary/aromatic N) is 3. The molecular weight excluding hydrogens is 447 g/mol. The molecule has 0 spiro atoms. The largest absolute Gasteiger partial charge is 0.296 e. The molecule has 0 aromatic carbocycles. The van der Waals surface area contributed by atoms with Gasteiger partial charge >= 0.3 is 0 Å². The second kappa shape index (κ2) is 5.77. The van der Waals surface area contributed by atoms with E-state index in [4.69, 9.17) is 4.98 Å². The molecule has 2 heterocycles. The molecule has 0 aliphatic heterocycles. The van der Waals surface area contributed by atoms with Crippen LogP contribution in [-0.2, 0) is 12.5 Å². The zero-order valence-electron chi connectivity index (χ0n) is 14.2. The Kier molecular flexibility index (Phi) is 3.75. The van der Waals surface area contributed by atoms with Crippen molar-refractivity contribution in [1.82, 2.24) is 14.8 Å². The SMILES string of the molecule is Cn1ncc(I)c1C(=O)Nc1nc(C23CC4CC(CC(C4)C2)C3)cs1. The molecule has 0 unspecified atom stereocenters. The Balaban J connectivity index is 1.38. The number of aryl methyl sites for hydroxylation is 1. The first-order chi connectivity index (χ1) is 12.0. The zero-order valence-corrected chi connectivity index (χ0v) is 17.1. The van der Waals surface area contributed by atoms with E-state index in [2.05, 4.69) is 38.4 Å². The second-order valence-electron chi connectivity index (χ2n) is 8.15. The topological polar surface area (TPSA) is 59.8 Å². The lowest BCUT2D eigenvalue weighted by atomic mass is 9.49. The fraction of sp³-hybridized carbons (Fsp3) is 0.611. The lowest BCUT2D eigenvalue weighted by molar-refractivity contribution is -0.00688. The molecule has 0 saturated heterocycles. The van der Waals surface area contributed by atoms with E-state index in [1.807, 2.05) is 0 Å². The first-order valence-corrected chi connectivity index (χ1v) is 10.9. The molecule has 7 heteroatoms. The summed E-state index contributed by atoms with van der Waals surface area (Å²) < 4.78 is 2.47. The molecule has 6 rings (SSSR count). The molecule has 1 amide bonds. The van der Waals surface area contributed by atoms with Crippen LogP contribution in [0.2, 0.25) is 0 Å². The number of amides is 1. The minimum absolute atomic E-state index is 0.129. The number of halogens is 1. The Hall–Kier alpha value is -0.960. The molecule has 5 nitrogen and oxygen atoms in total. The predicted octanol–water partition coefficient (Wildman–Crippen LogP) is 4.20. The van der Waals surface area contributed by atoms with Crippen molar-refractivity contribution >= 4 is 45.0 Å². The summed E-state index contributed by atoms with van der Waals surface area (Å²) >= 11 is 3.70. The van der Waals surface area contributed by atoms with E-state index in [-0.39, 0.29) is 11.3 Å². The first kappa shape index (κ1) is 16.2. The number of hydrogen-bond donors (Lipinski definition) is 1. The maximum Gasteiger partial charge on any atom is 0.276 e. The summed E-state index contributed by atoms with van der Waals surface area (Å²) in [6.07, 6.45) is 9.92. The molecule has 0 atom stereocenters. The smallest absolute Gasteiger partial charge is 0.276 e. The average Bonchev–Trinajstić information content (AvgIpc) is 3.13. The van der Waals surface area contributed by atoms with E-state index in [1.165, 1.54) is 44.2 Å². The quantitative estimate of drug-likeness (QED) is 0.687. The fourth-order valence-electron chi connectivity index (χ4n) is 5.82. The highest BCUT2D eigenvalue weighted by atomic mass is 127. The fourth-order valence-corrected chi connectivity index (χ4v) is 7.37. The Morgan fingerprint density at radius 2 is 1.92 bits per heavy atom. The second-order valence-corrected chi connectivity index (χ2v) is 10.2. The van der Waals surface area contributed by atoms with Gasteiger partial charge in [-0.2, -0.15) is 5.10 Å². The number of hydrogen-bond acceptors (Lipinski definition) is 4. The van der Waals surface area contributed by atoms with Crippen LogP contribution in [0.3, 0.4) is 0 Å². The van der Waals surface area contributed by atoms with Crippen LogP contribution in [0, 0.1) is 21.3 Å². The summed E-state index contributed by atoms with van der Waals surface area (Å²) in [5, 5.41) is 10.0. The maximum atomic E-state index is 12.6. The first-order valence-electron chi connectivity index (χ1n) is 8.97. The molecule has 132 valence electrons. The maximum absolute atomic E-state index is 12.6. The van der Waals surface area contributed by atoms with E-state index in [0.717, 1.165) is 21.3 Å². The van der Waals surface area contributed by atoms with Crippen molar-refractivity contribution in [2.24, 2.45) is 24.8 Å². The van der Waals surface area contributed by atoms with Gasteiger partial charge in [0.1, 0.15) is 5.69 Å². The van der Waals surface area contributed by atoms with E-state index in [0.29, 0.717) is 10.8 Å². The summed E-state index contributed by atoms with van der Waals surface area (Å²) in [4.78, 5) is 17.4. The van der Waals surface area contributed by atoms with Crippen molar-refractivity contribution in [3.05, 3.63) is 26.5 Å². The molecule has 4 aliphatic rings. The number of aromatic nitrogens is 3. The van der Waals surface area contributed by atoms with Crippen LogP contribution in [0.4, 0.5) is 5.13 Å². The number of nitrogens with one attached hydrogen (secondary N) is 1. The van der Waals surface area contributed by atoms with Crippen LogP contribution < -0.4 is 5.32 Å². The van der Waals surface area contributed by atoms with Gasteiger partial charge in [-0.3, -0.25) is 14.8 Å². The lowest BCUT2D eigenvalue weighted by Gasteiger charge is -2.56. The van der Waals surface area contributed by atoms with Crippen molar-refractivity contribution in [2.45, 2.75) is 43.9 Å². The van der Waals surface area contributed by atoms with Gasteiger partial charge in [0.2, 0.25) is 0 Å². The van der Waals surface area contributed by atoms with Gasteiger partial charge in [0.25, 0.3) is 5.91 Å². The van der Waals surface area contributed by atoms with E-state index in [1.54, 1.807) is 29.3 Å². The predicted molar refractivity (Wildman–Crippen MR) is 106 cm³/mol. The minimum Gasteiger partial charge on any atom is -0.296 e. The van der Waals surface area contributed by atoms with Crippen molar-refractivity contribution < 1.29 is 4.79 Å². The molecule has 4 saturated carbocycles. The number of thiazole rings is 1.